The zero-order valence-corrected chi connectivity index (χ0v) is 29.4. The van der Waals surface area contributed by atoms with Crippen LogP contribution in [0.3, 0.4) is 0 Å². The third kappa shape index (κ3) is 6.21. The molecule has 0 spiro atoms. The largest absolute Gasteiger partial charge is 0.457 e. The Morgan fingerprint density at radius 1 is 1.09 bits per heavy atom. The number of fused-ring (bicyclic) bond motifs is 5. The molecule has 1 aromatic carbocycles. The number of hydrogen-bond donors (Lipinski definition) is 1. The van der Waals surface area contributed by atoms with E-state index < -0.39 is 43.9 Å². The number of carbonyl (C=O) groups is 3. The van der Waals surface area contributed by atoms with Crippen LogP contribution in [-0.2, 0) is 42.6 Å². The molecular weight excluding hydrogens is 602 g/mol. The second kappa shape index (κ2) is 11.7. The number of carbonyl (C=O) groups excluding carboxylic acids is 3. The molecule has 4 heterocycles. The molecule has 0 aliphatic carbocycles. The molecule has 1 unspecified atom stereocenters. The van der Waals surface area contributed by atoms with Gasteiger partial charge in [-0.2, -0.15) is 0 Å². The van der Waals surface area contributed by atoms with Crippen molar-refractivity contribution in [2.24, 2.45) is 5.41 Å². The number of ether oxygens (including phenoxy) is 3. The third-order valence-electron chi connectivity index (χ3n) is 8.80. The summed E-state index contributed by atoms with van der Waals surface area (Å²) in [5, 5.41) is 4.79. The van der Waals surface area contributed by atoms with Gasteiger partial charge < -0.3 is 24.1 Å². The fraction of sp³-hybridized carbons (Fsp3) is 0.514. The lowest BCUT2D eigenvalue weighted by atomic mass is 9.85. The standard InChI is InChI=1S/C35H45N3O7Si/c1-10-35(44-27(39)18-36-32(42)45-34(5,6)7)24-17-26-28-22(19-38(26)30(40)23(24)20-43-31(35)41)29(21-13-11-12-14-25(21)37-28)46(8,9)16-15-33(2,3)4/h11-14,17H,10,15-16,18-20H2,1-9H3,(H,36,42). The van der Waals surface area contributed by atoms with Crippen LogP contribution in [0.2, 0.25) is 19.1 Å². The van der Waals surface area contributed by atoms with Crippen molar-refractivity contribution in [1.82, 2.24) is 14.9 Å². The number of para-hydroxylation sites is 1. The van der Waals surface area contributed by atoms with Crippen LogP contribution >= 0.6 is 0 Å². The van der Waals surface area contributed by atoms with Gasteiger partial charge in [0.1, 0.15) is 18.8 Å². The lowest BCUT2D eigenvalue weighted by Gasteiger charge is -2.35. The number of hydrogen-bond acceptors (Lipinski definition) is 8. The zero-order chi connectivity index (χ0) is 33.8. The maximum atomic E-state index is 14.2. The number of amides is 1. The first-order valence-corrected chi connectivity index (χ1v) is 19.1. The fourth-order valence-corrected chi connectivity index (χ4v) is 10.0. The highest BCUT2D eigenvalue weighted by atomic mass is 28.3. The molecule has 0 saturated carbocycles. The van der Waals surface area contributed by atoms with Gasteiger partial charge in [-0.1, -0.05) is 71.5 Å². The molecule has 0 bridgehead atoms. The van der Waals surface area contributed by atoms with Gasteiger partial charge >= 0.3 is 18.0 Å². The zero-order valence-electron chi connectivity index (χ0n) is 28.4. The molecule has 10 nitrogen and oxygen atoms in total. The normalized spacial score (nSPS) is 17.5. The summed E-state index contributed by atoms with van der Waals surface area (Å²) in [4.78, 5) is 57.9. The Bertz CT molecular complexity index is 1800. The van der Waals surface area contributed by atoms with E-state index in [1.165, 1.54) is 5.19 Å². The van der Waals surface area contributed by atoms with E-state index in [4.69, 9.17) is 19.2 Å². The van der Waals surface area contributed by atoms with Crippen LogP contribution in [0.5, 0.6) is 0 Å². The van der Waals surface area contributed by atoms with Crippen molar-refractivity contribution in [3.05, 3.63) is 57.4 Å². The molecular formula is C35H45N3O7Si. The molecule has 2 aliphatic heterocycles. The van der Waals surface area contributed by atoms with Gasteiger partial charge in [0.2, 0.25) is 5.60 Å². The molecule has 246 valence electrons. The fourth-order valence-electron chi connectivity index (χ4n) is 6.46. The quantitative estimate of drug-likeness (QED) is 0.158. The van der Waals surface area contributed by atoms with Crippen molar-refractivity contribution >= 4 is 42.2 Å². The highest BCUT2D eigenvalue weighted by Gasteiger charge is 2.50. The van der Waals surface area contributed by atoms with Gasteiger partial charge in [0, 0.05) is 5.56 Å². The predicted molar refractivity (Wildman–Crippen MR) is 179 cm³/mol. The summed E-state index contributed by atoms with van der Waals surface area (Å²) in [6.07, 6.45) is 0.304. The lowest BCUT2D eigenvalue weighted by molar-refractivity contribution is -0.188. The van der Waals surface area contributed by atoms with Crippen molar-refractivity contribution in [3.8, 4) is 11.4 Å². The molecule has 1 N–H and O–H groups in total. The SMILES string of the molecule is CCC1(OC(=O)CNC(=O)OC(C)(C)C)C(=O)OCc2c1cc1n(c2=O)Cc2c-1nc1ccccc1c2[Si](C)(C)CCC(C)(C)C. The van der Waals surface area contributed by atoms with Crippen LogP contribution < -0.4 is 16.1 Å². The van der Waals surface area contributed by atoms with E-state index in [1.54, 1.807) is 38.3 Å². The number of nitrogens with zero attached hydrogens (tertiary/aromatic N) is 2. The van der Waals surface area contributed by atoms with E-state index in [-0.39, 0.29) is 29.6 Å². The predicted octanol–water partition coefficient (Wildman–Crippen LogP) is 5.51. The maximum absolute atomic E-state index is 14.2. The molecule has 0 saturated heterocycles. The van der Waals surface area contributed by atoms with Crippen molar-refractivity contribution in [3.63, 3.8) is 0 Å². The van der Waals surface area contributed by atoms with E-state index in [1.807, 2.05) is 18.2 Å². The van der Waals surface area contributed by atoms with Gasteiger partial charge in [-0.15, -0.1) is 0 Å². The molecule has 1 amide bonds. The molecule has 46 heavy (non-hydrogen) atoms. The Morgan fingerprint density at radius 3 is 2.43 bits per heavy atom. The smallest absolute Gasteiger partial charge is 0.408 e. The first-order chi connectivity index (χ1) is 21.4. The number of esters is 2. The molecule has 2 aromatic heterocycles. The van der Waals surface area contributed by atoms with Crippen molar-refractivity contribution in [2.45, 2.75) is 105 Å². The van der Waals surface area contributed by atoms with E-state index in [2.05, 4.69) is 45.2 Å². The van der Waals surface area contributed by atoms with E-state index in [0.29, 0.717) is 23.5 Å². The summed E-state index contributed by atoms with van der Waals surface area (Å²) in [5.74, 6) is -1.63. The number of benzene rings is 1. The van der Waals surface area contributed by atoms with E-state index in [0.717, 1.165) is 28.9 Å². The Balaban J connectivity index is 1.60. The summed E-state index contributed by atoms with van der Waals surface area (Å²) in [6, 6.07) is 11.0. The maximum Gasteiger partial charge on any atom is 0.408 e. The molecule has 2 aliphatic rings. The number of pyridine rings is 2. The summed E-state index contributed by atoms with van der Waals surface area (Å²) in [6.45, 7) is 18.0. The number of nitrogens with one attached hydrogen (secondary N) is 1. The van der Waals surface area contributed by atoms with Gasteiger partial charge in [-0.3, -0.25) is 9.59 Å². The lowest BCUT2D eigenvalue weighted by Crippen LogP contribution is -2.49. The number of alkyl carbamates (subject to hydrolysis) is 1. The summed E-state index contributed by atoms with van der Waals surface area (Å²) in [7, 11) is -2.05. The van der Waals surface area contributed by atoms with Crippen molar-refractivity contribution in [1.29, 1.82) is 0 Å². The second-order valence-electron chi connectivity index (χ2n) is 15.2. The van der Waals surface area contributed by atoms with Gasteiger partial charge in [-0.25, -0.2) is 14.6 Å². The Hall–Kier alpha value is -3.99. The van der Waals surface area contributed by atoms with Gasteiger partial charge in [-0.05, 0) is 60.9 Å². The Kier molecular flexibility index (Phi) is 8.46. The average Bonchev–Trinajstić information content (AvgIpc) is 3.32. The van der Waals surface area contributed by atoms with Crippen LogP contribution in [0, 0.1) is 5.41 Å². The van der Waals surface area contributed by atoms with Gasteiger partial charge in [0.05, 0.1) is 37.1 Å². The Morgan fingerprint density at radius 2 is 1.78 bits per heavy atom. The molecule has 0 radical (unpaired) electrons. The van der Waals surface area contributed by atoms with E-state index >= 15 is 0 Å². The number of cyclic esters (lactones) is 1. The van der Waals surface area contributed by atoms with Crippen LogP contribution in [-0.4, -0.2) is 47.8 Å². The number of rotatable bonds is 7. The van der Waals surface area contributed by atoms with E-state index in [9.17, 15) is 19.2 Å². The molecule has 3 aromatic rings. The first-order valence-electron chi connectivity index (χ1n) is 15.9. The second-order valence-corrected chi connectivity index (χ2v) is 19.9. The molecule has 1 atom stereocenters. The highest BCUT2D eigenvalue weighted by Crippen LogP contribution is 2.41. The number of aromatic nitrogens is 2. The summed E-state index contributed by atoms with van der Waals surface area (Å²) < 4.78 is 18.2. The van der Waals surface area contributed by atoms with Crippen LogP contribution in [0.15, 0.2) is 35.1 Å². The van der Waals surface area contributed by atoms with Crippen molar-refractivity contribution < 1.29 is 28.6 Å². The first kappa shape index (κ1) is 33.4. The molecule has 0 fully saturated rings. The molecule has 5 rings (SSSR count). The molecule has 11 heteroatoms. The topological polar surface area (TPSA) is 126 Å². The summed E-state index contributed by atoms with van der Waals surface area (Å²) in [5.41, 5.74) is 1.01. The van der Waals surface area contributed by atoms with Gasteiger partial charge in [0.15, 0.2) is 0 Å². The highest BCUT2D eigenvalue weighted by molar-refractivity contribution is 6.91. The minimum Gasteiger partial charge on any atom is -0.457 e. The van der Waals surface area contributed by atoms with Crippen LogP contribution in [0.25, 0.3) is 22.3 Å². The third-order valence-corrected chi connectivity index (χ3v) is 12.2. The summed E-state index contributed by atoms with van der Waals surface area (Å²) >= 11 is 0. The Labute approximate surface area is 270 Å². The van der Waals surface area contributed by atoms with Crippen LogP contribution in [0.1, 0.15) is 78.0 Å². The minimum absolute atomic E-state index is 0.0237. The van der Waals surface area contributed by atoms with Gasteiger partial charge in [0.25, 0.3) is 5.56 Å². The van der Waals surface area contributed by atoms with Crippen molar-refractivity contribution in [2.75, 3.05) is 6.54 Å². The van der Waals surface area contributed by atoms with Crippen LogP contribution in [0.4, 0.5) is 4.79 Å². The average molecular weight is 648 g/mol. The minimum atomic E-state index is -2.05. The monoisotopic (exact) mass is 647 g/mol.